The maximum absolute atomic E-state index is 12.4. The number of carbonyl (C=O) groups is 1. The number of thioether (sulfide) groups is 1. The number of hydrogen-bond acceptors (Lipinski definition) is 6. The number of allylic oxidation sites excluding steroid dienone is 1. The summed E-state index contributed by atoms with van der Waals surface area (Å²) < 4.78 is 3.50. The standard InChI is InChI=1S/C20H24N6O2S/c1-5-11-26-19(18(28)15-9-7-6-8-10-15)22-23-20(26)29-12-16(27)21-17-13(2)24-25(4)14(17)3/h5-10,18,28H,1,11-12H2,2-4H3,(H,21,27). The molecule has 0 radical (unpaired) electrons. The van der Waals surface area contributed by atoms with Crippen LogP contribution in [0.25, 0.3) is 0 Å². The van der Waals surface area contributed by atoms with Gasteiger partial charge in [-0.25, -0.2) is 0 Å². The second-order valence-corrected chi connectivity index (χ2v) is 7.50. The lowest BCUT2D eigenvalue weighted by atomic mass is 10.1. The van der Waals surface area contributed by atoms with E-state index in [-0.39, 0.29) is 11.7 Å². The van der Waals surface area contributed by atoms with E-state index in [1.165, 1.54) is 11.8 Å². The van der Waals surface area contributed by atoms with E-state index >= 15 is 0 Å². The van der Waals surface area contributed by atoms with Gasteiger partial charge in [-0.2, -0.15) is 5.10 Å². The third-order valence-electron chi connectivity index (χ3n) is 4.52. The molecule has 2 N–H and O–H groups in total. The molecular weight excluding hydrogens is 388 g/mol. The van der Waals surface area contributed by atoms with Crippen LogP contribution in [0.2, 0.25) is 0 Å². The van der Waals surface area contributed by atoms with Gasteiger partial charge < -0.3 is 10.4 Å². The van der Waals surface area contributed by atoms with Gasteiger partial charge in [-0.05, 0) is 19.4 Å². The van der Waals surface area contributed by atoms with E-state index in [0.717, 1.165) is 22.6 Å². The molecule has 0 spiro atoms. The molecule has 9 heteroatoms. The zero-order valence-electron chi connectivity index (χ0n) is 16.7. The second-order valence-electron chi connectivity index (χ2n) is 6.56. The molecule has 152 valence electrons. The number of carbonyl (C=O) groups excluding carboxylic acids is 1. The molecule has 29 heavy (non-hydrogen) atoms. The number of hydrogen-bond donors (Lipinski definition) is 2. The molecule has 1 unspecified atom stereocenters. The normalized spacial score (nSPS) is 12.0. The number of aliphatic hydroxyl groups excluding tert-OH is 1. The first-order chi connectivity index (χ1) is 13.9. The van der Waals surface area contributed by atoms with Gasteiger partial charge >= 0.3 is 0 Å². The lowest BCUT2D eigenvalue weighted by Gasteiger charge is -2.13. The van der Waals surface area contributed by atoms with Gasteiger partial charge in [0.1, 0.15) is 6.10 Å². The first kappa shape index (κ1) is 20.8. The van der Waals surface area contributed by atoms with Crippen LogP contribution in [0.4, 0.5) is 5.69 Å². The number of nitrogens with one attached hydrogen (secondary N) is 1. The average Bonchev–Trinajstić information content (AvgIpc) is 3.22. The monoisotopic (exact) mass is 412 g/mol. The van der Waals surface area contributed by atoms with Crippen LogP contribution in [0, 0.1) is 13.8 Å². The molecule has 8 nitrogen and oxygen atoms in total. The van der Waals surface area contributed by atoms with Crippen molar-refractivity contribution in [2.24, 2.45) is 7.05 Å². The van der Waals surface area contributed by atoms with Crippen molar-refractivity contribution in [2.45, 2.75) is 31.7 Å². The number of aryl methyl sites for hydroxylation is 2. The highest BCUT2D eigenvalue weighted by atomic mass is 32.2. The summed E-state index contributed by atoms with van der Waals surface area (Å²) in [6.07, 6.45) is 0.796. The van der Waals surface area contributed by atoms with Crippen molar-refractivity contribution in [3.63, 3.8) is 0 Å². The van der Waals surface area contributed by atoms with Gasteiger partial charge in [0.15, 0.2) is 11.0 Å². The number of anilines is 1. The molecule has 1 atom stereocenters. The van der Waals surface area contributed by atoms with Crippen LogP contribution in [0.1, 0.15) is 28.9 Å². The summed E-state index contributed by atoms with van der Waals surface area (Å²) in [5.74, 6) is 0.412. The average molecular weight is 413 g/mol. The quantitative estimate of drug-likeness (QED) is 0.436. The Kier molecular flexibility index (Phi) is 6.50. The van der Waals surface area contributed by atoms with Crippen molar-refractivity contribution in [1.29, 1.82) is 0 Å². The van der Waals surface area contributed by atoms with Crippen molar-refractivity contribution in [3.8, 4) is 0 Å². The van der Waals surface area contributed by atoms with Crippen LogP contribution in [0.15, 0.2) is 48.1 Å². The Morgan fingerprint density at radius 2 is 2.03 bits per heavy atom. The molecule has 2 heterocycles. The van der Waals surface area contributed by atoms with Gasteiger partial charge in [0, 0.05) is 13.6 Å². The molecule has 2 aromatic heterocycles. The predicted octanol–water partition coefficient (Wildman–Crippen LogP) is 2.63. The van der Waals surface area contributed by atoms with Crippen molar-refractivity contribution in [2.75, 3.05) is 11.1 Å². The lowest BCUT2D eigenvalue weighted by Crippen LogP contribution is -2.16. The third kappa shape index (κ3) is 4.57. The van der Waals surface area contributed by atoms with Gasteiger partial charge in [0.2, 0.25) is 5.91 Å². The van der Waals surface area contributed by atoms with Crippen molar-refractivity contribution in [3.05, 3.63) is 65.8 Å². The van der Waals surface area contributed by atoms with E-state index in [1.807, 2.05) is 51.2 Å². The fraction of sp³-hybridized carbons (Fsp3) is 0.300. The Hall–Kier alpha value is -2.91. The van der Waals surface area contributed by atoms with E-state index in [0.29, 0.717) is 17.5 Å². The first-order valence-corrected chi connectivity index (χ1v) is 10.1. The van der Waals surface area contributed by atoms with E-state index in [2.05, 4.69) is 27.2 Å². The summed E-state index contributed by atoms with van der Waals surface area (Å²) in [4.78, 5) is 12.4. The van der Waals surface area contributed by atoms with Gasteiger partial charge in [0.25, 0.3) is 0 Å². The number of aromatic nitrogens is 5. The second kappa shape index (κ2) is 9.06. The van der Waals surface area contributed by atoms with Gasteiger partial charge in [-0.3, -0.25) is 14.0 Å². The summed E-state index contributed by atoms with van der Waals surface area (Å²) in [5, 5.41) is 26.8. The Morgan fingerprint density at radius 1 is 1.31 bits per heavy atom. The van der Waals surface area contributed by atoms with Gasteiger partial charge in [0.05, 0.1) is 22.8 Å². The predicted molar refractivity (Wildman–Crippen MR) is 113 cm³/mol. The minimum absolute atomic E-state index is 0.157. The van der Waals surface area contributed by atoms with Crippen LogP contribution in [-0.4, -0.2) is 41.3 Å². The zero-order chi connectivity index (χ0) is 21.0. The maximum atomic E-state index is 12.4. The van der Waals surface area contributed by atoms with E-state index in [1.54, 1.807) is 15.3 Å². The highest BCUT2D eigenvalue weighted by Gasteiger charge is 2.21. The van der Waals surface area contributed by atoms with E-state index in [9.17, 15) is 9.90 Å². The molecule has 0 fully saturated rings. The minimum atomic E-state index is -0.910. The fourth-order valence-electron chi connectivity index (χ4n) is 2.95. The summed E-state index contributed by atoms with van der Waals surface area (Å²) in [7, 11) is 1.84. The van der Waals surface area contributed by atoms with Crippen LogP contribution in [-0.2, 0) is 18.4 Å². The van der Waals surface area contributed by atoms with Gasteiger partial charge in [-0.1, -0.05) is 48.2 Å². The molecule has 0 saturated carbocycles. The Labute approximate surface area is 173 Å². The minimum Gasteiger partial charge on any atom is -0.380 e. The molecule has 1 amide bonds. The summed E-state index contributed by atoms with van der Waals surface area (Å²) in [6.45, 7) is 7.95. The SMILES string of the molecule is C=CCn1c(SCC(=O)Nc2c(C)nn(C)c2C)nnc1C(O)c1ccccc1. The number of aliphatic hydroxyl groups is 1. The maximum Gasteiger partial charge on any atom is 0.234 e. The smallest absolute Gasteiger partial charge is 0.234 e. The summed E-state index contributed by atoms with van der Waals surface area (Å²) >= 11 is 1.26. The molecule has 0 saturated heterocycles. The van der Waals surface area contributed by atoms with Crippen LogP contribution >= 0.6 is 11.8 Å². The highest BCUT2D eigenvalue weighted by molar-refractivity contribution is 7.99. The summed E-state index contributed by atoms with van der Waals surface area (Å²) in [6, 6.07) is 9.26. The lowest BCUT2D eigenvalue weighted by molar-refractivity contribution is -0.113. The van der Waals surface area contributed by atoms with Crippen molar-refractivity contribution >= 4 is 23.4 Å². The molecule has 0 aliphatic carbocycles. The number of benzene rings is 1. The number of rotatable bonds is 8. The third-order valence-corrected chi connectivity index (χ3v) is 5.49. The summed E-state index contributed by atoms with van der Waals surface area (Å²) in [5.41, 5.74) is 3.11. The highest BCUT2D eigenvalue weighted by Crippen LogP contribution is 2.25. The molecule has 0 aliphatic heterocycles. The molecule has 1 aromatic carbocycles. The molecule has 3 aromatic rings. The Balaban J connectivity index is 1.73. The van der Waals surface area contributed by atoms with Crippen molar-refractivity contribution in [1.82, 2.24) is 24.5 Å². The number of amides is 1. The molecular formula is C20H24N6O2S. The molecule has 0 bridgehead atoms. The number of nitrogens with zero attached hydrogens (tertiary/aromatic N) is 5. The largest absolute Gasteiger partial charge is 0.380 e. The Bertz CT molecular complexity index is 1010. The topological polar surface area (TPSA) is 97.9 Å². The van der Waals surface area contributed by atoms with Gasteiger partial charge in [-0.15, -0.1) is 16.8 Å². The van der Waals surface area contributed by atoms with Crippen LogP contribution in [0.5, 0.6) is 0 Å². The molecule has 3 rings (SSSR count). The van der Waals surface area contributed by atoms with Crippen molar-refractivity contribution < 1.29 is 9.90 Å². The van der Waals surface area contributed by atoms with E-state index < -0.39 is 6.10 Å². The van der Waals surface area contributed by atoms with E-state index in [4.69, 9.17) is 0 Å². The molecule has 0 aliphatic rings. The first-order valence-electron chi connectivity index (χ1n) is 9.12. The zero-order valence-corrected chi connectivity index (χ0v) is 17.5. The Morgan fingerprint density at radius 3 is 2.66 bits per heavy atom. The van der Waals surface area contributed by atoms with Crippen LogP contribution < -0.4 is 5.32 Å². The van der Waals surface area contributed by atoms with Crippen LogP contribution in [0.3, 0.4) is 0 Å². The fourth-order valence-corrected chi connectivity index (χ4v) is 3.71.